The Labute approximate surface area is 129 Å². The third kappa shape index (κ3) is 4.16. The molecular weight excluding hydrogens is 286 g/mol. The first-order chi connectivity index (χ1) is 10.6. The van der Waals surface area contributed by atoms with Gasteiger partial charge in [0.1, 0.15) is 17.4 Å². The molecule has 0 spiro atoms. The third-order valence-electron chi connectivity index (χ3n) is 3.59. The maximum atomic E-state index is 11.0. The Morgan fingerprint density at radius 3 is 2.82 bits per heavy atom. The van der Waals surface area contributed by atoms with Gasteiger partial charge in [-0.05, 0) is 25.0 Å². The quantitative estimate of drug-likeness (QED) is 0.453. The first kappa shape index (κ1) is 16.2. The lowest BCUT2D eigenvalue weighted by molar-refractivity contribution is -0.385. The van der Waals surface area contributed by atoms with E-state index < -0.39 is 4.92 Å². The van der Waals surface area contributed by atoms with Crippen molar-refractivity contribution in [3.8, 4) is 11.8 Å². The maximum Gasteiger partial charge on any atom is 0.290 e. The van der Waals surface area contributed by atoms with Gasteiger partial charge in [-0.3, -0.25) is 15.0 Å². The summed E-state index contributed by atoms with van der Waals surface area (Å²) in [5, 5.41) is 19.9. The molecular formula is C15H19N3O4. The van der Waals surface area contributed by atoms with Crippen LogP contribution in [0.25, 0.3) is 0 Å². The Morgan fingerprint density at radius 2 is 2.18 bits per heavy atom. The first-order valence-corrected chi connectivity index (χ1v) is 7.24. The van der Waals surface area contributed by atoms with E-state index in [-0.39, 0.29) is 11.3 Å². The second-order valence-corrected chi connectivity index (χ2v) is 5.16. The van der Waals surface area contributed by atoms with Crippen molar-refractivity contribution in [3.63, 3.8) is 0 Å². The second kappa shape index (κ2) is 7.73. The van der Waals surface area contributed by atoms with Crippen molar-refractivity contribution in [3.05, 3.63) is 33.4 Å². The van der Waals surface area contributed by atoms with E-state index in [0.29, 0.717) is 12.4 Å². The van der Waals surface area contributed by atoms with Gasteiger partial charge in [0.15, 0.2) is 0 Å². The van der Waals surface area contributed by atoms with Crippen LogP contribution in [0.2, 0.25) is 0 Å². The summed E-state index contributed by atoms with van der Waals surface area (Å²) >= 11 is 0. The number of hydrogen-bond acceptors (Lipinski definition) is 6. The maximum absolute atomic E-state index is 11.0. The number of aryl methyl sites for hydroxylation is 1. The highest BCUT2D eigenvalue weighted by molar-refractivity contribution is 5.55. The van der Waals surface area contributed by atoms with E-state index in [9.17, 15) is 10.1 Å². The van der Waals surface area contributed by atoms with Gasteiger partial charge in [0.05, 0.1) is 30.8 Å². The molecule has 0 aromatic heterocycles. The van der Waals surface area contributed by atoms with Gasteiger partial charge in [0.2, 0.25) is 0 Å². The summed E-state index contributed by atoms with van der Waals surface area (Å²) < 4.78 is 10.9. The molecule has 0 saturated carbocycles. The van der Waals surface area contributed by atoms with Crippen LogP contribution in [-0.4, -0.2) is 49.3 Å². The number of hydrogen-bond donors (Lipinski definition) is 0. The fourth-order valence-corrected chi connectivity index (χ4v) is 2.37. The van der Waals surface area contributed by atoms with Crippen molar-refractivity contribution in [1.82, 2.24) is 4.90 Å². The Bertz CT molecular complexity index is 577. The molecule has 0 atom stereocenters. The van der Waals surface area contributed by atoms with Gasteiger partial charge in [-0.1, -0.05) is 0 Å². The molecule has 7 heteroatoms. The smallest absolute Gasteiger partial charge is 0.290 e. The molecule has 22 heavy (non-hydrogen) atoms. The lowest BCUT2D eigenvalue weighted by Gasteiger charge is -2.26. The minimum atomic E-state index is -0.557. The molecule has 0 aliphatic carbocycles. The number of morpholine rings is 1. The lowest BCUT2D eigenvalue weighted by Crippen LogP contribution is -2.37. The van der Waals surface area contributed by atoms with E-state index >= 15 is 0 Å². The van der Waals surface area contributed by atoms with Crippen LogP contribution in [0.3, 0.4) is 0 Å². The highest BCUT2D eigenvalue weighted by Crippen LogP contribution is 2.28. The van der Waals surface area contributed by atoms with Crippen molar-refractivity contribution in [2.75, 3.05) is 39.5 Å². The van der Waals surface area contributed by atoms with Crippen LogP contribution < -0.4 is 4.74 Å². The number of nitro benzene ring substituents is 1. The molecule has 7 nitrogen and oxygen atoms in total. The SMILES string of the molecule is Cc1cc(C#N)c([N+](=O)[O-])cc1OCCCN1CCOCC1. The van der Waals surface area contributed by atoms with Gasteiger partial charge in [0.25, 0.3) is 5.69 Å². The molecule has 1 saturated heterocycles. The molecule has 0 amide bonds. The molecule has 1 aliphatic rings. The van der Waals surface area contributed by atoms with Crippen molar-refractivity contribution in [2.24, 2.45) is 0 Å². The van der Waals surface area contributed by atoms with Gasteiger partial charge in [0, 0.05) is 19.6 Å². The molecule has 1 aromatic carbocycles. The van der Waals surface area contributed by atoms with E-state index in [1.54, 1.807) is 6.92 Å². The zero-order chi connectivity index (χ0) is 15.9. The van der Waals surface area contributed by atoms with Crippen LogP contribution in [0.5, 0.6) is 5.75 Å². The minimum absolute atomic E-state index is 0.0585. The summed E-state index contributed by atoms with van der Waals surface area (Å²) in [5.74, 6) is 0.465. The number of nitrogens with zero attached hydrogens (tertiary/aromatic N) is 3. The van der Waals surface area contributed by atoms with Crippen LogP contribution in [-0.2, 0) is 4.74 Å². The fraction of sp³-hybridized carbons (Fsp3) is 0.533. The molecule has 1 fully saturated rings. The zero-order valence-electron chi connectivity index (χ0n) is 12.6. The van der Waals surface area contributed by atoms with Crippen molar-refractivity contribution in [1.29, 1.82) is 5.26 Å². The van der Waals surface area contributed by atoms with E-state index in [1.165, 1.54) is 12.1 Å². The van der Waals surface area contributed by atoms with Crippen LogP contribution in [0.1, 0.15) is 17.5 Å². The van der Waals surface area contributed by atoms with E-state index in [2.05, 4.69) is 4.90 Å². The molecule has 0 unspecified atom stereocenters. The molecule has 1 aliphatic heterocycles. The van der Waals surface area contributed by atoms with Gasteiger partial charge in [-0.15, -0.1) is 0 Å². The zero-order valence-corrected chi connectivity index (χ0v) is 12.6. The molecule has 0 N–H and O–H groups in total. The highest BCUT2D eigenvalue weighted by atomic mass is 16.6. The third-order valence-corrected chi connectivity index (χ3v) is 3.59. The topological polar surface area (TPSA) is 88.6 Å². The molecule has 0 bridgehead atoms. The second-order valence-electron chi connectivity index (χ2n) is 5.16. The monoisotopic (exact) mass is 305 g/mol. The van der Waals surface area contributed by atoms with Crippen LogP contribution in [0, 0.1) is 28.4 Å². The minimum Gasteiger partial charge on any atom is -0.493 e. The van der Waals surface area contributed by atoms with E-state index in [0.717, 1.165) is 44.8 Å². The van der Waals surface area contributed by atoms with Gasteiger partial charge < -0.3 is 9.47 Å². The molecule has 118 valence electrons. The number of nitro groups is 1. The Morgan fingerprint density at radius 1 is 1.45 bits per heavy atom. The Hall–Kier alpha value is -2.17. The average molecular weight is 305 g/mol. The standard InChI is InChI=1S/C15H19N3O4/c1-12-9-13(11-16)14(18(19)20)10-15(12)22-6-2-3-17-4-7-21-8-5-17/h9-10H,2-8H2,1H3. The van der Waals surface area contributed by atoms with Gasteiger partial charge in [-0.2, -0.15) is 5.26 Å². The predicted molar refractivity (Wildman–Crippen MR) is 79.9 cm³/mol. The van der Waals surface area contributed by atoms with Crippen molar-refractivity contribution in [2.45, 2.75) is 13.3 Å². The summed E-state index contributed by atoms with van der Waals surface area (Å²) in [6, 6.07) is 4.67. The number of nitriles is 1. The number of ether oxygens (including phenoxy) is 2. The fourth-order valence-electron chi connectivity index (χ4n) is 2.37. The Kier molecular flexibility index (Phi) is 5.69. The molecule has 1 heterocycles. The number of rotatable bonds is 6. The van der Waals surface area contributed by atoms with Gasteiger partial charge >= 0.3 is 0 Å². The predicted octanol–water partition coefficient (Wildman–Crippen LogP) is 1.88. The lowest BCUT2D eigenvalue weighted by atomic mass is 10.1. The number of benzene rings is 1. The summed E-state index contributed by atoms with van der Waals surface area (Å²) in [7, 11) is 0. The summed E-state index contributed by atoms with van der Waals surface area (Å²) in [6.45, 7) is 6.58. The summed E-state index contributed by atoms with van der Waals surface area (Å²) in [5.41, 5.74) is 0.577. The van der Waals surface area contributed by atoms with E-state index in [1.807, 2.05) is 6.07 Å². The Balaban J connectivity index is 1.90. The average Bonchev–Trinajstić information content (AvgIpc) is 2.53. The molecule has 1 aromatic rings. The largest absolute Gasteiger partial charge is 0.493 e. The first-order valence-electron chi connectivity index (χ1n) is 7.24. The van der Waals surface area contributed by atoms with Crippen molar-refractivity contribution < 1.29 is 14.4 Å². The molecule has 2 rings (SSSR count). The summed E-state index contributed by atoms with van der Waals surface area (Å²) in [6.07, 6.45) is 0.841. The van der Waals surface area contributed by atoms with Gasteiger partial charge in [-0.25, -0.2) is 0 Å². The van der Waals surface area contributed by atoms with Crippen LogP contribution in [0.4, 0.5) is 5.69 Å². The normalized spacial score (nSPS) is 15.3. The summed E-state index contributed by atoms with van der Waals surface area (Å²) in [4.78, 5) is 12.7. The van der Waals surface area contributed by atoms with Crippen LogP contribution >= 0.6 is 0 Å². The van der Waals surface area contributed by atoms with E-state index in [4.69, 9.17) is 14.7 Å². The van der Waals surface area contributed by atoms with Crippen LogP contribution in [0.15, 0.2) is 12.1 Å². The van der Waals surface area contributed by atoms with Crippen molar-refractivity contribution >= 4 is 5.69 Å². The molecule has 0 radical (unpaired) electrons. The highest BCUT2D eigenvalue weighted by Gasteiger charge is 2.17.